The third kappa shape index (κ3) is 2.36. The van der Waals surface area contributed by atoms with Crippen molar-refractivity contribution < 1.29 is 0 Å². The van der Waals surface area contributed by atoms with E-state index in [9.17, 15) is 0 Å². The lowest BCUT2D eigenvalue weighted by Crippen LogP contribution is -1.94. The summed E-state index contributed by atoms with van der Waals surface area (Å²) in [5, 5.41) is 0.763. The summed E-state index contributed by atoms with van der Waals surface area (Å²) in [7, 11) is 0. The molecule has 2 N–H and O–H groups in total. The van der Waals surface area contributed by atoms with E-state index in [1.54, 1.807) is 0 Å². The summed E-state index contributed by atoms with van der Waals surface area (Å²) in [5.41, 5.74) is 7.75. The minimum atomic E-state index is 0.578. The Kier molecular flexibility index (Phi) is 3.32. The molecular weight excluding hydrogens is 170 g/mol. The van der Waals surface area contributed by atoms with Crippen molar-refractivity contribution in [3.63, 3.8) is 0 Å². The molecule has 0 heterocycles. The van der Waals surface area contributed by atoms with Gasteiger partial charge in [0.05, 0.1) is 0 Å². The van der Waals surface area contributed by atoms with E-state index in [0.29, 0.717) is 6.54 Å². The average molecular weight is 182 g/mol. The maximum atomic E-state index is 5.75. The van der Waals surface area contributed by atoms with E-state index < -0.39 is 0 Å². The molecule has 0 atom stereocenters. The van der Waals surface area contributed by atoms with Crippen LogP contribution in [0.2, 0.25) is 5.02 Å². The Morgan fingerprint density at radius 2 is 2.00 bits per heavy atom. The molecule has 64 valence electrons. The van der Waals surface area contributed by atoms with Gasteiger partial charge in [0.25, 0.3) is 0 Å². The number of halogens is 1. The third-order valence-electron chi connectivity index (χ3n) is 1.72. The van der Waals surface area contributed by atoms with Crippen molar-refractivity contribution in [3.05, 3.63) is 40.9 Å². The molecule has 1 aromatic carbocycles. The van der Waals surface area contributed by atoms with Crippen LogP contribution in [0.4, 0.5) is 0 Å². The Morgan fingerprint density at radius 1 is 1.42 bits per heavy atom. The second-order valence-electron chi connectivity index (χ2n) is 2.63. The first-order chi connectivity index (χ1) is 5.74. The first kappa shape index (κ1) is 9.30. The first-order valence-corrected chi connectivity index (χ1v) is 4.24. The number of hydrogen-bond donors (Lipinski definition) is 1. The van der Waals surface area contributed by atoms with Gasteiger partial charge in [-0.1, -0.05) is 29.8 Å². The van der Waals surface area contributed by atoms with Crippen molar-refractivity contribution in [2.75, 3.05) is 6.54 Å². The molecule has 0 aliphatic rings. The molecule has 0 radical (unpaired) electrons. The molecule has 0 saturated heterocycles. The highest BCUT2D eigenvalue weighted by molar-refractivity contribution is 6.30. The topological polar surface area (TPSA) is 26.0 Å². The van der Waals surface area contributed by atoms with E-state index in [4.69, 9.17) is 17.3 Å². The van der Waals surface area contributed by atoms with Crippen LogP contribution in [0.15, 0.2) is 30.3 Å². The maximum absolute atomic E-state index is 5.75. The van der Waals surface area contributed by atoms with Crippen LogP contribution in [0.1, 0.15) is 12.5 Å². The molecule has 1 rings (SSSR count). The van der Waals surface area contributed by atoms with Crippen molar-refractivity contribution in [1.29, 1.82) is 0 Å². The zero-order valence-corrected chi connectivity index (χ0v) is 7.81. The Bertz CT molecular complexity index is 274. The van der Waals surface area contributed by atoms with Crippen LogP contribution in [0, 0.1) is 0 Å². The molecule has 0 unspecified atom stereocenters. The number of benzene rings is 1. The van der Waals surface area contributed by atoms with Gasteiger partial charge in [-0.3, -0.25) is 0 Å². The van der Waals surface area contributed by atoms with Crippen LogP contribution in [0.3, 0.4) is 0 Å². The summed E-state index contributed by atoms with van der Waals surface area (Å²) < 4.78 is 0. The molecular formula is C10H12ClN. The molecule has 12 heavy (non-hydrogen) atoms. The number of allylic oxidation sites excluding steroid dienone is 1. The standard InChI is InChI=1S/C10H12ClN/c1-8(6-7-12)9-2-4-10(11)5-3-9/h2-6H,7,12H2,1H3/b8-6-. The highest BCUT2D eigenvalue weighted by Crippen LogP contribution is 2.16. The Labute approximate surface area is 77.8 Å². The van der Waals surface area contributed by atoms with Gasteiger partial charge < -0.3 is 5.73 Å². The van der Waals surface area contributed by atoms with E-state index in [1.807, 2.05) is 37.3 Å². The van der Waals surface area contributed by atoms with Crippen LogP contribution >= 0.6 is 11.6 Å². The summed E-state index contributed by atoms with van der Waals surface area (Å²) in [6.07, 6.45) is 1.99. The van der Waals surface area contributed by atoms with Crippen LogP contribution in [-0.2, 0) is 0 Å². The zero-order chi connectivity index (χ0) is 8.97. The zero-order valence-electron chi connectivity index (χ0n) is 7.05. The molecule has 1 aromatic rings. The summed E-state index contributed by atoms with van der Waals surface area (Å²) >= 11 is 5.75. The predicted molar refractivity (Wildman–Crippen MR) is 54.2 cm³/mol. The Balaban J connectivity index is 2.89. The van der Waals surface area contributed by atoms with Gasteiger partial charge in [-0.25, -0.2) is 0 Å². The molecule has 0 aliphatic carbocycles. The van der Waals surface area contributed by atoms with Gasteiger partial charge in [0.1, 0.15) is 0 Å². The lowest BCUT2D eigenvalue weighted by molar-refractivity contribution is 1.25. The molecule has 0 spiro atoms. The fraction of sp³-hybridized carbons (Fsp3) is 0.200. The second kappa shape index (κ2) is 4.29. The molecule has 1 nitrogen and oxygen atoms in total. The van der Waals surface area contributed by atoms with Crippen molar-refractivity contribution >= 4 is 17.2 Å². The molecule has 2 heteroatoms. The lowest BCUT2D eigenvalue weighted by Gasteiger charge is -2.00. The van der Waals surface area contributed by atoms with Crippen molar-refractivity contribution in [1.82, 2.24) is 0 Å². The van der Waals surface area contributed by atoms with Crippen molar-refractivity contribution in [3.8, 4) is 0 Å². The lowest BCUT2D eigenvalue weighted by atomic mass is 10.1. The summed E-state index contributed by atoms with van der Waals surface area (Å²) in [5.74, 6) is 0. The van der Waals surface area contributed by atoms with Gasteiger partial charge in [0, 0.05) is 11.6 Å². The third-order valence-corrected chi connectivity index (χ3v) is 1.98. The Morgan fingerprint density at radius 3 is 2.50 bits per heavy atom. The Hall–Kier alpha value is -0.790. The van der Waals surface area contributed by atoms with E-state index in [-0.39, 0.29) is 0 Å². The van der Waals surface area contributed by atoms with Crippen LogP contribution in [0.5, 0.6) is 0 Å². The van der Waals surface area contributed by atoms with Crippen molar-refractivity contribution in [2.24, 2.45) is 5.73 Å². The summed E-state index contributed by atoms with van der Waals surface area (Å²) in [4.78, 5) is 0. The molecule has 0 aromatic heterocycles. The van der Waals surface area contributed by atoms with Gasteiger partial charge in [0.15, 0.2) is 0 Å². The predicted octanol–water partition coefficient (Wildman–Crippen LogP) is 2.70. The molecule has 0 aliphatic heterocycles. The molecule has 0 amide bonds. The van der Waals surface area contributed by atoms with Crippen LogP contribution < -0.4 is 5.73 Å². The van der Waals surface area contributed by atoms with Crippen molar-refractivity contribution in [2.45, 2.75) is 6.92 Å². The average Bonchev–Trinajstić information content (AvgIpc) is 2.06. The highest BCUT2D eigenvalue weighted by atomic mass is 35.5. The van der Waals surface area contributed by atoms with Gasteiger partial charge in [-0.15, -0.1) is 0 Å². The smallest absolute Gasteiger partial charge is 0.0406 e. The normalized spacial score (nSPS) is 11.8. The van der Waals surface area contributed by atoms with Gasteiger partial charge in [0.2, 0.25) is 0 Å². The van der Waals surface area contributed by atoms with Gasteiger partial charge >= 0.3 is 0 Å². The largest absolute Gasteiger partial charge is 0.327 e. The quantitative estimate of drug-likeness (QED) is 0.746. The minimum Gasteiger partial charge on any atom is -0.327 e. The monoisotopic (exact) mass is 181 g/mol. The molecule has 0 bridgehead atoms. The summed E-state index contributed by atoms with van der Waals surface area (Å²) in [6, 6.07) is 7.74. The number of rotatable bonds is 2. The van der Waals surface area contributed by atoms with Crippen LogP contribution in [0.25, 0.3) is 5.57 Å². The minimum absolute atomic E-state index is 0.578. The fourth-order valence-corrected chi connectivity index (χ4v) is 1.13. The number of hydrogen-bond acceptors (Lipinski definition) is 1. The number of nitrogens with two attached hydrogens (primary N) is 1. The highest BCUT2D eigenvalue weighted by Gasteiger charge is 1.93. The van der Waals surface area contributed by atoms with E-state index in [0.717, 1.165) is 5.02 Å². The molecule has 0 fully saturated rings. The SMILES string of the molecule is C/C(=C/CN)c1ccc(Cl)cc1. The van der Waals surface area contributed by atoms with E-state index in [2.05, 4.69) is 0 Å². The van der Waals surface area contributed by atoms with Crippen LogP contribution in [-0.4, -0.2) is 6.54 Å². The van der Waals surface area contributed by atoms with Gasteiger partial charge in [-0.2, -0.15) is 0 Å². The second-order valence-corrected chi connectivity index (χ2v) is 3.07. The first-order valence-electron chi connectivity index (χ1n) is 3.87. The molecule has 0 saturated carbocycles. The van der Waals surface area contributed by atoms with Gasteiger partial charge in [-0.05, 0) is 30.2 Å². The van der Waals surface area contributed by atoms with E-state index in [1.165, 1.54) is 11.1 Å². The fourth-order valence-electron chi connectivity index (χ4n) is 1.01. The van der Waals surface area contributed by atoms with E-state index >= 15 is 0 Å². The maximum Gasteiger partial charge on any atom is 0.0406 e. The summed E-state index contributed by atoms with van der Waals surface area (Å²) in [6.45, 7) is 2.62.